The Kier molecular flexibility index (Phi) is 5.25. The number of rotatable bonds is 5. The van der Waals surface area contributed by atoms with Gasteiger partial charge in [0.2, 0.25) is 5.91 Å². The number of methoxy groups -OCH3 is 1. The molecule has 0 fully saturated rings. The van der Waals surface area contributed by atoms with E-state index in [1.54, 1.807) is 26.0 Å². The monoisotopic (exact) mass is 254 g/mol. The van der Waals surface area contributed by atoms with Crippen LogP contribution in [-0.2, 0) is 9.53 Å². The summed E-state index contributed by atoms with van der Waals surface area (Å²) in [4.78, 5) is 11.7. The highest BCUT2D eigenvalue weighted by Gasteiger charge is 2.16. The molecule has 0 saturated heterocycles. The van der Waals surface area contributed by atoms with Crippen LogP contribution in [0.4, 0.5) is 4.39 Å². The number of halogens is 1. The summed E-state index contributed by atoms with van der Waals surface area (Å²) in [6.07, 6.45) is 0. The van der Waals surface area contributed by atoms with Crippen molar-refractivity contribution in [3.05, 3.63) is 35.1 Å². The number of amides is 1. The maximum Gasteiger partial charge on any atom is 0.239 e. The Morgan fingerprint density at radius 2 is 2.22 bits per heavy atom. The predicted molar refractivity (Wildman–Crippen MR) is 67.5 cm³/mol. The molecular formula is C13H19FN2O2. The highest BCUT2D eigenvalue weighted by molar-refractivity contribution is 5.82. The van der Waals surface area contributed by atoms with Crippen LogP contribution < -0.4 is 11.1 Å². The van der Waals surface area contributed by atoms with Crippen LogP contribution in [0.1, 0.15) is 24.1 Å². The van der Waals surface area contributed by atoms with Crippen molar-refractivity contribution < 1.29 is 13.9 Å². The van der Waals surface area contributed by atoms with E-state index in [1.165, 1.54) is 13.2 Å². The van der Waals surface area contributed by atoms with Crippen molar-refractivity contribution >= 4 is 5.91 Å². The molecule has 0 heterocycles. The fourth-order valence-corrected chi connectivity index (χ4v) is 1.54. The zero-order valence-corrected chi connectivity index (χ0v) is 10.9. The van der Waals surface area contributed by atoms with Crippen LogP contribution in [0.3, 0.4) is 0 Å². The van der Waals surface area contributed by atoms with E-state index in [2.05, 4.69) is 5.32 Å². The van der Waals surface area contributed by atoms with Gasteiger partial charge in [0.25, 0.3) is 0 Å². The van der Waals surface area contributed by atoms with E-state index in [9.17, 15) is 9.18 Å². The summed E-state index contributed by atoms with van der Waals surface area (Å²) in [5.41, 5.74) is 6.88. The summed E-state index contributed by atoms with van der Waals surface area (Å²) in [6.45, 7) is 3.62. The minimum Gasteiger partial charge on any atom is -0.383 e. The van der Waals surface area contributed by atoms with Crippen molar-refractivity contribution in [1.82, 2.24) is 5.32 Å². The molecule has 0 aliphatic rings. The molecule has 0 aliphatic carbocycles. The molecule has 100 valence electrons. The van der Waals surface area contributed by atoms with Gasteiger partial charge in [-0.15, -0.1) is 0 Å². The molecule has 18 heavy (non-hydrogen) atoms. The van der Waals surface area contributed by atoms with Crippen molar-refractivity contribution in [2.24, 2.45) is 5.73 Å². The fraction of sp³-hybridized carbons (Fsp3) is 0.462. The molecule has 2 atom stereocenters. The highest BCUT2D eigenvalue weighted by atomic mass is 19.1. The molecule has 0 spiro atoms. The number of nitrogens with two attached hydrogens (primary N) is 1. The lowest BCUT2D eigenvalue weighted by molar-refractivity contribution is -0.124. The van der Waals surface area contributed by atoms with Crippen LogP contribution in [0.2, 0.25) is 0 Å². The summed E-state index contributed by atoms with van der Waals surface area (Å²) < 4.78 is 18.2. The Labute approximate surface area is 106 Å². The molecule has 1 aromatic carbocycles. The van der Waals surface area contributed by atoms with Gasteiger partial charge in [0.05, 0.1) is 12.6 Å². The molecule has 3 N–H and O–H groups in total. The quantitative estimate of drug-likeness (QED) is 0.832. The number of ether oxygens (including phenoxy) is 1. The SMILES string of the molecule is COCC(N)C(=O)NC(C)c1ccc(C)c(F)c1. The second-order valence-electron chi connectivity index (χ2n) is 4.30. The second-order valence-corrected chi connectivity index (χ2v) is 4.30. The van der Waals surface area contributed by atoms with Crippen LogP contribution in [0.25, 0.3) is 0 Å². The van der Waals surface area contributed by atoms with Gasteiger partial charge in [-0.2, -0.15) is 0 Å². The van der Waals surface area contributed by atoms with Gasteiger partial charge < -0.3 is 15.8 Å². The maximum atomic E-state index is 13.4. The Morgan fingerprint density at radius 1 is 1.56 bits per heavy atom. The van der Waals surface area contributed by atoms with E-state index in [1.807, 2.05) is 0 Å². The Bertz CT molecular complexity index is 423. The van der Waals surface area contributed by atoms with Gasteiger partial charge in [-0.1, -0.05) is 12.1 Å². The van der Waals surface area contributed by atoms with Crippen molar-refractivity contribution in [3.63, 3.8) is 0 Å². The first-order valence-electron chi connectivity index (χ1n) is 5.76. The molecule has 0 saturated carbocycles. The largest absolute Gasteiger partial charge is 0.383 e. The van der Waals surface area contributed by atoms with Crippen LogP contribution in [0.5, 0.6) is 0 Å². The smallest absolute Gasteiger partial charge is 0.239 e. The molecule has 0 radical (unpaired) electrons. The standard InChI is InChI=1S/C13H19FN2O2/c1-8-4-5-10(6-11(8)14)9(2)16-13(17)12(15)7-18-3/h4-6,9,12H,7,15H2,1-3H3,(H,16,17). The Morgan fingerprint density at radius 3 is 2.78 bits per heavy atom. The summed E-state index contributed by atoms with van der Waals surface area (Å²) in [5, 5.41) is 2.72. The molecule has 0 aromatic heterocycles. The zero-order chi connectivity index (χ0) is 13.7. The molecule has 1 amide bonds. The molecule has 0 bridgehead atoms. The number of benzene rings is 1. The maximum absolute atomic E-state index is 13.4. The minimum absolute atomic E-state index is 0.154. The van der Waals surface area contributed by atoms with E-state index in [0.717, 1.165) is 0 Å². The van der Waals surface area contributed by atoms with Crippen LogP contribution >= 0.6 is 0 Å². The second kappa shape index (κ2) is 6.47. The summed E-state index contributed by atoms with van der Waals surface area (Å²) in [5.74, 6) is -0.597. The normalized spacial score (nSPS) is 14.1. The minimum atomic E-state index is -0.715. The van der Waals surface area contributed by atoms with Crippen molar-refractivity contribution in [2.45, 2.75) is 25.9 Å². The van der Waals surface area contributed by atoms with Gasteiger partial charge in [-0.3, -0.25) is 4.79 Å². The van der Waals surface area contributed by atoms with Gasteiger partial charge in [0.1, 0.15) is 11.9 Å². The molecule has 4 nitrogen and oxygen atoms in total. The third kappa shape index (κ3) is 3.78. The fourth-order valence-electron chi connectivity index (χ4n) is 1.54. The first-order valence-corrected chi connectivity index (χ1v) is 5.76. The summed E-state index contributed by atoms with van der Waals surface area (Å²) >= 11 is 0. The highest BCUT2D eigenvalue weighted by Crippen LogP contribution is 2.16. The van der Waals surface area contributed by atoms with Gasteiger partial charge >= 0.3 is 0 Å². The third-order valence-electron chi connectivity index (χ3n) is 2.74. The zero-order valence-electron chi connectivity index (χ0n) is 10.9. The number of aryl methyl sites for hydroxylation is 1. The molecule has 5 heteroatoms. The van der Waals surface area contributed by atoms with E-state index in [0.29, 0.717) is 11.1 Å². The number of carbonyl (C=O) groups excluding carboxylic acids is 1. The topological polar surface area (TPSA) is 64.3 Å². The van der Waals surface area contributed by atoms with E-state index in [4.69, 9.17) is 10.5 Å². The van der Waals surface area contributed by atoms with Gasteiger partial charge in [-0.25, -0.2) is 4.39 Å². The Hall–Kier alpha value is -1.46. The van der Waals surface area contributed by atoms with E-state index in [-0.39, 0.29) is 24.4 Å². The Balaban J connectivity index is 2.67. The molecule has 1 aromatic rings. The number of carbonyl (C=O) groups is 1. The summed E-state index contributed by atoms with van der Waals surface area (Å²) in [7, 11) is 1.48. The van der Waals surface area contributed by atoms with Crippen LogP contribution in [-0.4, -0.2) is 25.7 Å². The first kappa shape index (κ1) is 14.6. The average molecular weight is 254 g/mol. The first-order chi connectivity index (χ1) is 8.45. The number of nitrogens with one attached hydrogen (secondary N) is 1. The van der Waals surface area contributed by atoms with E-state index < -0.39 is 6.04 Å². The van der Waals surface area contributed by atoms with Gasteiger partial charge in [0.15, 0.2) is 0 Å². The lowest BCUT2D eigenvalue weighted by Crippen LogP contribution is -2.44. The van der Waals surface area contributed by atoms with Crippen LogP contribution in [0.15, 0.2) is 18.2 Å². The van der Waals surface area contributed by atoms with Gasteiger partial charge in [-0.05, 0) is 31.0 Å². The lowest BCUT2D eigenvalue weighted by Gasteiger charge is -2.17. The van der Waals surface area contributed by atoms with Crippen molar-refractivity contribution in [2.75, 3.05) is 13.7 Å². The third-order valence-corrected chi connectivity index (χ3v) is 2.74. The van der Waals surface area contributed by atoms with Gasteiger partial charge in [0, 0.05) is 7.11 Å². The predicted octanol–water partition coefficient (Wildman–Crippen LogP) is 1.29. The van der Waals surface area contributed by atoms with E-state index >= 15 is 0 Å². The number of hydrogen-bond acceptors (Lipinski definition) is 3. The molecular weight excluding hydrogens is 235 g/mol. The lowest BCUT2D eigenvalue weighted by atomic mass is 10.1. The van der Waals surface area contributed by atoms with Crippen molar-refractivity contribution in [1.29, 1.82) is 0 Å². The average Bonchev–Trinajstić information content (AvgIpc) is 2.32. The molecule has 2 unspecified atom stereocenters. The summed E-state index contributed by atoms with van der Waals surface area (Å²) in [6, 6.07) is 3.87. The van der Waals surface area contributed by atoms with Crippen LogP contribution in [0, 0.1) is 12.7 Å². The van der Waals surface area contributed by atoms with Crippen molar-refractivity contribution in [3.8, 4) is 0 Å². The number of hydrogen-bond donors (Lipinski definition) is 2. The molecule has 1 rings (SSSR count). The molecule has 0 aliphatic heterocycles.